The van der Waals surface area contributed by atoms with Crippen molar-refractivity contribution in [3.63, 3.8) is 0 Å². The Balaban J connectivity index is 2.26. The fourth-order valence-electron chi connectivity index (χ4n) is 1.56. The monoisotopic (exact) mass is 267 g/mol. The summed E-state index contributed by atoms with van der Waals surface area (Å²) in [7, 11) is 0. The van der Waals surface area contributed by atoms with Gasteiger partial charge in [-0.3, -0.25) is 0 Å². The molecule has 1 rings (SSSR count). The molecule has 0 aliphatic heterocycles. The van der Waals surface area contributed by atoms with Crippen molar-refractivity contribution in [3.8, 4) is 11.5 Å². The summed E-state index contributed by atoms with van der Waals surface area (Å²) in [5, 5.41) is 12.8. The minimum Gasteiger partial charge on any atom is -0.490 e. The highest BCUT2D eigenvalue weighted by molar-refractivity contribution is 5.39. The van der Waals surface area contributed by atoms with Crippen molar-refractivity contribution in [2.24, 2.45) is 5.92 Å². The minimum absolute atomic E-state index is 0.270. The van der Waals surface area contributed by atoms with E-state index in [1.807, 2.05) is 45.0 Å². The summed E-state index contributed by atoms with van der Waals surface area (Å²) in [5.74, 6) is 1.80. The van der Waals surface area contributed by atoms with Gasteiger partial charge in [0, 0.05) is 13.1 Å². The summed E-state index contributed by atoms with van der Waals surface area (Å²) in [6.45, 7) is 8.42. The van der Waals surface area contributed by atoms with Crippen LogP contribution < -0.4 is 14.8 Å². The second-order valence-electron chi connectivity index (χ2n) is 4.74. The van der Waals surface area contributed by atoms with E-state index in [2.05, 4.69) is 5.32 Å². The quantitative estimate of drug-likeness (QED) is 0.673. The van der Waals surface area contributed by atoms with Gasteiger partial charge in [0.15, 0.2) is 11.5 Å². The van der Waals surface area contributed by atoms with Crippen LogP contribution in [0.15, 0.2) is 24.3 Å². The summed E-state index contributed by atoms with van der Waals surface area (Å²) in [4.78, 5) is 0. The molecule has 0 saturated carbocycles. The molecule has 108 valence electrons. The topological polar surface area (TPSA) is 50.7 Å². The van der Waals surface area contributed by atoms with Crippen LogP contribution in [0, 0.1) is 5.92 Å². The normalized spacial score (nSPS) is 12.5. The number of hydrogen-bond donors (Lipinski definition) is 2. The summed E-state index contributed by atoms with van der Waals surface area (Å²) in [6.07, 6.45) is -0.310. The third kappa shape index (κ3) is 5.94. The van der Waals surface area contributed by atoms with Crippen molar-refractivity contribution in [3.05, 3.63) is 24.3 Å². The third-order valence-electron chi connectivity index (χ3n) is 2.81. The van der Waals surface area contributed by atoms with Crippen LogP contribution >= 0.6 is 0 Å². The van der Waals surface area contributed by atoms with Crippen LogP contribution in [0.2, 0.25) is 0 Å². The van der Waals surface area contributed by atoms with Crippen LogP contribution in [-0.4, -0.2) is 37.5 Å². The second kappa shape index (κ2) is 8.77. The molecule has 0 aliphatic carbocycles. The molecule has 0 spiro atoms. The van der Waals surface area contributed by atoms with Crippen molar-refractivity contribution in [2.45, 2.75) is 26.9 Å². The summed E-state index contributed by atoms with van der Waals surface area (Å²) >= 11 is 0. The molecule has 4 heteroatoms. The molecular formula is C15H25NO3. The van der Waals surface area contributed by atoms with Crippen molar-refractivity contribution < 1.29 is 14.6 Å². The maximum absolute atomic E-state index is 9.63. The number of rotatable bonds is 9. The maximum Gasteiger partial charge on any atom is 0.161 e. The molecule has 4 nitrogen and oxygen atoms in total. The zero-order valence-electron chi connectivity index (χ0n) is 12.1. The smallest absolute Gasteiger partial charge is 0.161 e. The molecule has 1 aromatic carbocycles. The maximum atomic E-state index is 9.63. The predicted octanol–water partition coefficient (Wildman–Crippen LogP) is 2.07. The van der Waals surface area contributed by atoms with Gasteiger partial charge in [0.25, 0.3) is 0 Å². The van der Waals surface area contributed by atoms with E-state index < -0.39 is 0 Å². The third-order valence-corrected chi connectivity index (χ3v) is 2.81. The molecule has 0 bridgehead atoms. The number of aliphatic hydroxyl groups is 1. The fraction of sp³-hybridized carbons (Fsp3) is 0.600. The van der Waals surface area contributed by atoms with E-state index in [4.69, 9.17) is 9.47 Å². The minimum atomic E-state index is -0.310. The zero-order chi connectivity index (χ0) is 14.1. The first-order valence-electron chi connectivity index (χ1n) is 6.88. The Kier molecular flexibility index (Phi) is 7.30. The first-order valence-corrected chi connectivity index (χ1v) is 6.88. The van der Waals surface area contributed by atoms with Gasteiger partial charge in [-0.2, -0.15) is 0 Å². The predicted molar refractivity (Wildman–Crippen MR) is 76.8 cm³/mol. The molecule has 1 atom stereocenters. The van der Waals surface area contributed by atoms with Gasteiger partial charge in [-0.15, -0.1) is 0 Å². The molecule has 19 heavy (non-hydrogen) atoms. The van der Waals surface area contributed by atoms with Gasteiger partial charge in [-0.25, -0.2) is 0 Å². The standard InChI is InChI=1S/C15H25NO3/c1-4-18-14-7-5-6-8-15(14)19-10-9-16-11-13(17)12(2)3/h5-8,12-13,16-17H,4,9-11H2,1-3H3. The highest BCUT2D eigenvalue weighted by Gasteiger charge is 2.08. The number of hydrogen-bond acceptors (Lipinski definition) is 4. The first-order chi connectivity index (χ1) is 9.15. The van der Waals surface area contributed by atoms with Crippen molar-refractivity contribution in [1.29, 1.82) is 0 Å². The summed E-state index contributed by atoms with van der Waals surface area (Å²) in [6, 6.07) is 7.64. The van der Waals surface area contributed by atoms with Crippen molar-refractivity contribution in [2.75, 3.05) is 26.3 Å². The molecule has 0 amide bonds. The molecule has 0 saturated heterocycles. The fourth-order valence-corrected chi connectivity index (χ4v) is 1.56. The van der Waals surface area contributed by atoms with Gasteiger partial charge in [0.1, 0.15) is 6.61 Å². The number of ether oxygens (including phenoxy) is 2. The Hall–Kier alpha value is -1.26. The molecule has 0 heterocycles. The Bertz CT molecular complexity index is 355. The number of nitrogens with one attached hydrogen (secondary N) is 1. The number of para-hydroxylation sites is 2. The van der Waals surface area contributed by atoms with Gasteiger partial charge >= 0.3 is 0 Å². The van der Waals surface area contributed by atoms with Gasteiger partial charge in [0.05, 0.1) is 12.7 Å². The highest BCUT2D eigenvalue weighted by Crippen LogP contribution is 2.25. The van der Waals surface area contributed by atoms with E-state index in [1.165, 1.54) is 0 Å². The average molecular weight is 267 g/mol. The van der Waals surface area contributed by atoms with E-state index in [0.717, 1.165) is 11.5 Å². The largest absolute Gasteiger partial charge is 0.490 e. The SMILES string of the molecule is CCOc1ccccc1OCCNCC(O)C(C)C. The molecule has 0 fully saturated rings. The van der Waals surface area contributed by atoms with Crippen LogP contribution in [0.1, 0.15) is 20.8 Å². The Morgan fingerprint density at radius 3 is 2.37 bits per heavy atom. The Morgan fingerprint density at radius 2 is 1.79 bits per heavy atom. The van der Waals surface area contributed by atoms with E-state index >= 15 is 0 Å². The molecule has 1 aromatic rings. The zero-order valence-corrected chi connectivity index (χ0v) is 12.1. The lowest BCUT2D eigenvalue weighted by molar-refractivity contribution is 0.122. The lowest BCUT2D eigenvalue weighted by Gasteiger charge is -2.15. The number of aliphatic hydroxyl groups excluding tert-OH is 1. The van der Waals surface area contributed by atoms with Crippen molar-refractivity contribution >= 4 is 0 Å². The Labute approximate surface area is 115 Å². The molecule has 0 aliphatic rings. The van der Waals surface area contributed by atoms with Crippen LogP contribution in [0.3, 0.4) is 0 Å². The summed E-state index contributed by atoms with van der Waals surface area (Å²) in [5.41, 5.74) is 0. The highest BCUT2D eigenvalue weighted by atomic mass is 16.5. The van der Waals surface area contributed by atoms with Crippen LogP contribution in [0.4, 0.5) is 0 Å². The average Bonchev–Trinajstić information content (AvgIpc) is 2.40. The van der Waals surface area contributed by atoms with E-state index in [-0.39, 0.29) is 12.0 Å². The van der Waals surface area contributed by atoms with Crippen LogP contribution in [-0.2, 0) is 0 Å². The van der Waals surface area contributed by atoms with Gasteiger partial charge in [0.2, 0.25) is 0 Å². The van der Waals surface area contributed by atoms with Gasteiger partial charge < -0.3 is 19.9 Å². The van der Waals surface area contributed by atoms with E-state index in [9.17, 15) is 5.11 Å². The number of benzene rings is 1. The Morgan fingerprint density at radius 1 is 1.16 bits per heavy atom. The van der Waals surface area contributed by atoms with E-state index in [0.29, 0.717) is 26.3 Å². The van der Waals surface area contributed by atoms with Gasteiger partial charge in [-0.05, 0) is 25.0 Å². The lowest BCUT2D eigenvalue weighted by Crippen LogP contribution is -2.33. The summed E-state index contributed by atoms with van der Waals surface area (Å²) < 4.78 is 11.1. The van der Waals surface area contributed by atoms with Crippen molar-refractivity contribution in [1.82, 2.24) is 5.32 Å². The molecule has 0 radical (unpaired) electrons. The lowest BCUT2D eigenvalue weighted by atomic mass is 10.1. The van der Waals surface area contributed by atoms with Crippen LogP contribution in [0.25, 0.3) is 0 Å². The first kappa shape index (κ1) is 15.8. The van der Waals surface area contributed by atoms with E-state index in [1.54, 1.807) is 0 Å². The second-order valence-corrected chi connectivity index (χ2v) is 4.74. The van der Waals surface area contributed by atoms with Gasteiger partial charge in [-0.1, -0.05) is 26.0 Å². The molecular weight excluding hydrogens is 242 g/mol. The molecule has 1 unspecified atom stereocenters. The molecule has 2 N–H and O–H groups in total. The molecule has 0 aromatic heterocycles. The van der Waals surface area contributed by atoms with Crippen LogP contribution in [0.5, 0.6) is 11.5 Å².